The summed E-state index contributed by atoms with van der Waals surface area (Å²) in [5.74, 6) is 0.0154. The molecule has 3 heterocycles. The van der Waals surface area contributed by atoms with E-state index in [4.69, 9.17) is 4.98 Å². The number of hydrogen-bond donors (Lipinski definition) is 1. The van der Waals surface area contributed by atoms with Crippen molar-refractivity contribution in [2.45, 2.75) is 19.8 Å². The summed E-state index contributed by atoms with van der Waals surface area (Å²) in [6, 6.07) is 10.6. The Hall–Kier alpha value is -2.47. The Morgan fingerprint density at radius 3 is 2.70 bits per heavy atom. The molecule has 1 N–H and O–H groups in total. The highest BCUT2D eigenvalue weighted by Crippen LogP contribution is 2.36. The third-order valence-electron chi connectivity index (χ3n) is 5.09. The van der Waals surface area contributed by atoms with Crippen LogP contribution in [0.15, 0.2) is 41.8 Å². The van der Waals surface area contributed by atoms with Crippen molar-refractivity contribution in [3.63, 3.8) is 0 Å². The van der Waals surface area contributed by atoms with Crippen molar-refractivity contribution < 1.29 is 9.18 Å². The van der Waals surface area contributed by atoms with E-state index in [2.05, 4.69) is 21.7 Å². The summed E-state index contributed by atoms with van der Waals surface area (Å²) in [4.78, 5) is 19.2. The van der Waals surface area contributed by atoms with Crippen molar-refractivity contribution in [3.8, 4) is 11.3 Å². The Morgan fingerprint density at radius 1 is 1.26 bits per heavy atom. The molecule has 4 nitrogen and oxygen atoms in total. The maximum Gasteiger partial charge on any atom is 0.223 e. The maximum absolute atomic E-state index is 13.3. The van der Waals surface area contributed by atoms with Crippen molar-refractivity contribution in [2.24, 2.45) is 5.92 Å². The van der Waals surface area contributed by atoms with E-state index < -0.39 is 0 Å². The van der Waals surface area contributed by atoms with Crippen molar-refractivity contribution >= 4 is 33.1 Å². The molecule has 4 rings (SSSR count). The van der Waals surface area contributed by atoms with Crippen LogP contribution in [0.3, 0.4) is 0 Å². The van der Waals surface area contributed by atoms with E-state index in [1.807, 2.05) is 13.0 Å². The van der Waals surface area contributed by atoms with Crippen molar-refractivity contribution in [1.82, 2.24) is 10.3 Å². The molecule has 3 aromatic rings. The van der Waals surface area contributed by atoms with Crippen molar-refractivity contribution in [2.75, 3.05) is 24.5 Å². The highest BCUT2D eigenvalue weighted by atomic mass is 32.1. The molecule has 0 unspecified atom stereocenters. The molecule has 1 saturated heterocycles. The number of carbonyl (C=O) groups is 1. The molecule has 6 heteroatoms. The molecule has 1 aliphatic rings. The number of benzene rings is 1. The number of carbonyl (C=O) groups excluding carboxylic acids is 1. The van der Waals surface area contributed by atoms with Gasteiger partial charge in [0.05, 0.1) is 21.6 Å². The van der Waals surface area contributed by atoms with Gasteiger partial charge in [0.15, 0.2) is 0 Å². The number of anilines is 1. The first-order chi connectivity index (χ1) is 13.2. The second-order valence-corrected chi connectivity index (χ2v) is 7.74. The van der Waals surface area contributed by atoms with Crippen LogP contribution >= 0.6 is 11.3 Å². The van der Waals surface area contributed by atoms with Gasteiger partial charge in [-0.1, -0.05) is 0 Å². The molecule has 140 valence electrons. The fourth-order valence-corrected chi connectivity index (χ4v) is 4.52. The molecule has 2 aromatic heterocycles. The molecule has 0 aliphatic carbocycles. The molecule has 0 spiro atoms. The lowest BCUT2D eigenvalue weighted by Crippen LogP contribution is -2.40. The number of thiophene rings is 1. The van der Waals surface area contributed by atoms with Crippen LogP contribution in [0, 0.1) is 11.7 Å². The molecule has 0 saturated carbocycles. The van der Waals surface area contributed by atoms with Gasteiger partial charge in [0.2, 0.25) is 5.91 Å². The highest BCUT2D eigenvalue weighted by Gasteiger charge is 2.26. The summed E-state index contributed by atoms with van der Waals surface area (Å²) in [7, 11) is 0. The predicted molar refractivity (Wildman–Crippen MR) is 109 cm³/mol. The van der Waals surface area contributed by atoms with Crippen LogP contribution in [0.4, 0.5) is 10.1 Å². The van der Waals surface area contributed by atoms with Gasteiger partial charge < -0.3 is 10.2 Å². The number of halogens is 1. The zero-order valence-corrected chi connectivity index (χ0v) is 16.1. The first kappa shape index (κ1) is 17.9. The van der Waals surface area contributed by atoms with E-state index in [9.17, 15) is 9.18 Å². The van der Waals surface area contributed by atoms with Crippen LogP contribution in [0.25, 0.3) is 21.5 Å². The minimum atomic E-state index is -0.247. The van der Waals surface area contributed by atoms with Crippen LogP contribution in [-0.2, 0) is 4.79 Å². The van der Waals surface area contributed by atoms with Gasteiger partial charge in [-0.15, -0.1) is 11.3 Å². The quantitative estimate of drug-likeness (QED) is 0.724. The Morgan fingerprint density at radius 2 is 2.00 bits per heavy atom. The molecular formula is C21H22FN3OS. The SMILES string of the molecule is CCNC(=O)C1CCN(c2cc(-c3ccc(F)cc3)nc3ccsc23)CC1. The zero-order chi connectivity index (χ0) is 18.8. The van der Waals surface area contributed by atoms with Crippen molar-refractivity contribution in [1.29, 1.82) is 0 Å². The van der Waals surface area contributed by atoms with E-state index in [-0.39, 0.29) is 17.6 Å². The summed E-state index contributed by atoms with van der Waals surface area (Å²) in [5, 5.41) is 4.99. The van der Waals surface area contributed by atoms with Gasteiger partial charge in [0.1, 0.15) is 5.82 Å². The fourth-order valence-electron chi connectivity index (χ4n) is 3.64. The number of pyridine rings is 1. The Labute approximate surface area is 162 Å². The standard InChI is InChI=1S/C21H22FN3OS/c1-2-23-21(26)15-7-10-25(11-8-15)19-13-18(14-3-5-16(22)6-4-14)24-17-9-12-27-20(17)19/h3-6,9,12-13,15H,2,7-8,10-11H2,1H3,(H,23,26). The van der Waals surface area contributed by atoms with E-state index in [0.717, 1.165) is 53.1 Å². The van der Waals surface area contributed by atoms with Crippen LogP contribution in [0.5, 0.6) is 0 Å². The predicted octanol–water partition coefficient (Wildman–Crippen LogP) is 4.45. The van der Waals surface area contributed by atoms with Gasteiger partial charge in [-0.25, -0.2) is 9.37 Å². The summed E-state index contributed by atoms with van der Waals surface area (Å²) in [6.45, 7) is 4.33. The Kier molecular flexibility index (Phi) is 5.07. The fraction of sp³-hybridized carbons (Fsp3) is 0.333. The molecule has 1 aromatic carbocycles. The molecular weight excluding hydrogens is 361 g/mol. The molecule has 1 aliphatic heterocycles. The number of nitrogens with zero attached hydrogens (tertiary/aromatic N) is 2. The van der Waals surface area contributed by atoms with Crippen LogP contribution in [-0.4, -0.2) is 30.5 Å². The van der Waals surface area contributed by atoms with Gasteiger partial charge >= 0.3 is 0 Å². The number of nitrogens with one attached hydrogen (secondary N) is 1. The Balaban J connectivity index is 1.63. The summed E-state index contributed by atoms with van der Waals surface area (Å²) in [5.41, 5.74) is 3.87. The Bertz CT molecular complexity index is 946. The summed E-state index contributed by atoms with van der Waals surface area (Å²) >= 11 is 1.69. The number of fused-ring (bicyclic) bond motifs is 1. The second kappa shape index (κ2) is 7.64. The van der Waals surface area contributed by atoms with Gasteiger partial charge in [-0.2, -0.15) is 0 Å². The second-order valence-electron chi connectivity index (χ2n) is 6.82. The van der Waals surface area contributed by atoms with Crippen LogP contribution in [0.2, 0.25) is 0 Å². The van der Waals surface area contributed by atoms with Gasteiger partial charge in [0, 0.05) is 31.1 Å². The normalized spacial score (nSPS) is 15.3. The van der Waals surface area contributed by atoms with E-state index >= 15 is 0 Å². The maximum atomic E-state index is 13.3. The number of rotatable bonds is 4. The van der Waals surface area contributed by atoms with Gasteiger partial charge in [-0.3, -0.25) is 4.79 Å². The smallest absolute Gasteiger partial charge is 0.223 e. The lowest BCUT2D eigenvalue weighted by Gasteiger charge is -2.33. The monoisotopic (exact) mass is 383 g/mol. The molecule has 0 radical (unpaired) electrons. The third kappa shape index (κ3) is 3.67. The molecule has 0 atom stereocenters. The molecule has 1 fully saturated rings. The van der Waals surface area contributed by atoms with Gasteiger partial charge in [-0.05, 0) is 61.5 Å². The average molecular weight is 383 g/mol. The summed E-state index contributed by atoms with van der Waals surface area (Å²) in [6.07, 6.45) is 1.71. The minimum absolute atomic E-state index is 0.0958. The number of hydrogen-bond acceptors (Lipinski definition) is 4. The average Bonchev–Trinajstić information content (AvgIpc) is 3.17. The molecule has 27 heavy (non-hydrogen) atoms. The van der Waals surface area contributed by atoms with E-state index in [1.165, 1.54) is 12.1 Å². The zero-order valence-electron chi connectivity index (χ0n) is 15.2. The topological polar surface area (TPSA) is 45.2 Å². The molecule has 1 amide bonds. The molecule has 0 bridgehead atoms. The third-order valence-corrected chi connectivity index (χ3v) is 6.01. The van der Waals surface area contributed by atoms with Gasteiger partial charge in [0.25, 0.3) is 0 Å². The highest BCUT2D eigenvalue weighted by molar-refractivity contribution is 7.17. The van der Waals surface area contributed by atoms with Crippen molar-refractivity contribution in [3.05, 3.63) is 47.6 Å². The summed E-state index contributed by atoms with van der Waals surface area (Å²) < 4.78 is 14.4. The minimum Gasteiger partial charge on any atom is -0.370 e. The van der Waals surface area contributed by atoms with E-state index in [0.29, 0.717) is 6.54 Å². The van der Waals surface area contributed by atoms with E-state index in [1.54, 1.807) is 23.5 Å². The lowest BCUT2D eigenvalue weighted by molar-refractivity contribution is -0.125. The first-order valence-corrected chi connectivity index (χ1v) is 10.2. The number of amides is 1. The largest absolute Gasteiger partial charge is 0.370 e. The number of aromatic nitrogens is 1. The van der Waals surface area contributed by atoms with Crippen LogP contribution < -0.4 is 10.2 Å². The number of piperidine rings is 1. The first-order valence-electron chi connectivity index (χ1n) is 9.32. The lowest BCUT2D eigenvalue weighted by atomic mass is 9.95. The van der Waals surface area contributed by atoms with Crippen LogP contribution in [0.1, 0.15) is 19.8 Å².